The van der Waals surface area contributed by atoms with Crippen LogP contribution in [0.4, 0.5) is 0 Å². The molecule has 2 N–H and O–H groups in total. The Morgan fingerprint density at radius 1 is 1.54 bits per heavy atom. The summed E-state index contributed by atoms with van der Waals surface area (Å²) in [7, 11) is 0. The third-order valence-corrected chi connectivity index (χ3v) is 1.84. The maximum Gasteiger partial charge on any atom is 0.308 e. The Morgan fingerprint density at radius 2 is 2.08 bits per heavy atom. The first kappa shape index (κ1) is 12.4. The number of carbonyl (C=O) groups is 1. The Morgan fingerprint density at radius 3 is 2.38 bits per heavy atom. The van der Waals surface area contributed by atoms with E-state index in [0.717, 1.165) is 0 Å². The second kappa shape index (κ2) is 5.19. The Hall–Kier alpha value is -0.610. The van der Waals surface area contributed by atoms with Crippen LogP contribution in [0.15, 0.2) is 0 Å². The molecule has 0 aliphatic rings. The number of esters is 1. The van der Waals surface area contributed by atoms with Crippen LogP contribution >= 0.6 is 0 Å². The molecule has 0 radical (unpaired) electrons. The molecule has 78 valence electrons. The molecular formula is C9H18O4. The molecule has 0 rings (SSSR count). The van der Waals surface area contributed by atoms with Crippen molar-refractivity contribution < 1.29 is 19.7 Å². The van der Waals surface area contributed by atoms with E-state index < -0.39 is 17.9 Å². The van der Waals surface area contributed by atoms with Crippen LogP contribution in [0.25, 0.3) is 0 Å². The van der Waals surface area contributed by atoms with E-state index in [1.165, 1.54) is 6.92 Å². The predicted octanol–water partition coefficient (Wildman–Crippen LogP) is 0.809. The van der Waals surface area contributed by atoms with Gasteiger partial charge in [-0.25, -0.2) is 0 Å². The number of hydrogen-bond acceptors (Lipinski definition) is 4. The first-order valence-corrected chi connectivity index (χ1v) is 4.58. The van der Waals surface area contributed by atoms with E-state index in [1.54, 1.807) is 6.92 Å². The lowest BCUT2D eigenvalue weighted by Crippen LogP contribution is -2.44. The second-order valence-electron chi connectivity index (χ2n) is 3.10. The van der Waals surface area contributed by atoms with Crippen LogP contribution in [0.1, 0.15) is 40.0 Å². The van der Waals surface area contributed by atoms with Crippen molar-refractivity contribution in [2.75, 3.05) is 0 Å². The summed E-state index contributed by atoms with van der Waals surface area (Å²) in [5.41, 5.74) is 0. The Kier molecular flexibility index (Phi) is 4.95. The summed E-state index contributed by atoms with van der Waals surface area (Å²) in [6.45, 7) is 4.88. The molecule has 2 unspecified atom stereocenters. The van der Waals surface area contributed by atoms with Gasteiger partial charge in [-0.05, 0) is 13.3 Å². The number of carbonyl (C=O) groups excluding carboxylic acids is 1. The highest BCUT2D eigenvalue weighted by atomic mass is 16.7. The van der Waals surface area contributed by atoms with E-state index in [-0.39, 0.29) is 12.8 Å². The third kappa shape index (κ3) is 3.74. The molecule has 0 bridgehead atoms. The minimum absolute atomic E-state index is 0.193. The minimum atomic E-state index is -1.72. The monoisotopic (exact) mass is 190 g/mol. The van der Waals surface area contributed by atoms with Crippen molar-refractivity contribution in [3.8, 4) is 0 Å². The van der Waals surface area contributed by atoms with Gasteiger partial charge in [-0.15, -0.1) is 0 Å². The molecule has 4 nitrogen and oxygen atoms in total. The summed E-state index contributed by atoms with van der Waals surface area (Å²) >= 11 is 0. The van der Waals surface area contributed by atoms with Crippen LogP contribution in [0, 0.1) is 0 Å². The minimum Gasteiger partial charge on any atom is -0.430 e. The van der Waals surface area contributed by atoms with Crippen molar-refractivity contribution in [3.63, 3.8) is 0 Å². The fourth-order valence-electron chi connectivity index (χ4n) is 0.973. The average Bonchev–Trinajstić information content (AvgIpc) is 2.04. The quantitative estimate of drug-likeness (QED) is 0.497. The van der Waals surface area contributed by atoms with Crippen LogP contribution in [-0.4, -0.2) is 28.1 Å². The van der Waals surface area contributed by atoms with Crippen LogP contribution in [-0.2, 0) is 9.53 Å². The molecule has 0 saturated heterocycles. The molecule has 4 heteroatoms. The zero-order valence-corrected chi connectivity index (χ0v) is 8.41. The summed E-state index contributed by atoms with van der Waals surface area (Å²) in [6.07, 6.45) is 0.0102. The topological polar surface area (TPSA) is 66.8 Å². The smallest absolute Gasteiger partial charge is 0.308 e. The Labute approximate surface area is 78.5 Å². The number of aliphatic hydroxyl groups is 2. The second-order valence-corrected chi connectivity index (χ2v) is 3.10. The van der Waals surface area contributed by atoms with E-state index in [9.17, 15) is 15.0 Å². The summed E-state index contributed by atoms with van der Waals surface area (Å²) < 4.78 is 4.76. The first-order valence-electron chi connectivity index (χ1n) is 4.58. The molecule has 0 amide bonds. The van der Waals surface area contributed by atoms with Gasteiger partial charge < -0.3 is 14.9 Å². The van der Waals surface area contributed by atoms with Gasteiger partial charge in [-0.1, -0.05) is 13.8 Å². The zero-order valence-electron chi connectivity index (χ0n) is 8.41. The van der Waals surface area contributed by atoms with Crippen molar-refractivity contribution in [1.82, 2.24) is 0 Å². The van der Waals surface area contributed by atoms with Crippen LogP contribution in [0.3, 0.4) is 0 Å². The van der Waals surface area contributed by atoms with Crippen LogP contribution in [0.2, 0.25) is 0 Å². The van der Waals surface area contributed by atoms with Crippen molar-refractivity contribution in [2.24, 2.45) is 0 Å². The van der Waals surface area contributed by atoms with Gasteiger partial charge in [-0.2, -0.15) is 0 Å². The van der Waals surface area contributed by atoms with Crippen molar-refractivity contribution in [2.45, 2.75) is 51.9 Å². The zero-order chi connectivity index (χ0) is 10.5. The van der Waals surface area contributed by atoms with Crippen molar-refractivity contribution in [3.05, 3.63) is 0 Å². The summed E-state index contributed by atoms with van der Waals surface area (Å²) in [5, 5.41) is 18.9. The fraction of sp³-hybridized carbons (Fsp3) is 0.889. The first-order chi connectivity index (χ1) is 5.96. The van der Waals surface area contributed by atoms with Crippen LogP contribution in [0.5, 0.6) is 0 Å². The molecule has 0 aromatic heterocycles. The lowest BCUT2D eigenvalue weighted by atomic mass is 10.1. The van der Waals surface area contributed by atoms with Crippen LogP contribution < -0.4 is 0 Å². The van der Waals surface area contributed by atoms with Gasteiger partial charge in [0.25, 0.3) is 0 Å². The third-order valence-electron chi connectivity index (χ3n) is 1.84. The number of aliphatic hydroxyl groups excluding tert-OH is 1. The van der Waals surface area contributed by atoms with E-state index in [0.29, 0.717) is 6.42 Å². The maximum atomic E-state index is 10.9. The highest BCUT2D eigenvalue weighted by Gasteiger charge is 2.35. The molecule has 0 heterocycles. The van der Waals surface area contributed by atoms with Crippen molar-refractivity contribution >= 4 is 5.97 Å². The number of ether oxygens (including phenoxy) is 1. The van der Waals surface area contributed by atoms with E-state index >= 15 is 0 Å². The molecular weight excluding hydrogens is 172 g/mol. The molecule has 13 heavy (non-hydrogen) atoms. The highest BCUT2D eigenvalue weighted by molar-refractivity contribution is 5.69. The van der Waals surface area contributed by atoms with E-state index in [4.69, 9.17) is 4.74 Å². The molecule has 0 aliphatic carbocycles. The van der Waals surface area contributed by atoms with Gasteiger partial charge >= 0.3 is 5.97 Å². The largest absolute Gasteiger partial charge is 0.430 e. The lowest BCUT2D eigenvalue weighted by molar-refractivity contribution is -0.246. The maximum absolute atomic E-state index is 10.9. The number of rotatable bonds is 5. The van der Waals surface area contributed by atoms with Crippen molar-refractivity contribution in [1.29, 1.82) is 0 Å². The Bertz CT molecular complexity index is 167. The highest BCUT2D eigenvalue weighted by Crippen LogP contribution is 2.20. The van der Waals surface area contributed by atoms with Gasteiger partial charge in [-0.3, -0.25) is 4.79 Å². The predicted molar refractivity (Wildman–Crippen MR) is 47.9 cm³/mol. The van der Waals surface area contributed by atoms with E-state index in [2.05, 4.69) is 0 Å². The van der Waals surface area contributed by atoms with Gasteiger partial charge in [0.15, 0.2) is 0 Å². The van der Waals surface area contributed by atoms with Gasteiger partial charge in [0.1, 0.15) is 6.10 Å². The summed E-state index contributed by atoms with van der Waals surface area (Å²) in [5.74, 6) is -2.22. The SMILES string of the molecule is CCCC(O)(OC(=O)CC)C(C)O. The Balaban J connectivity index is 4.31. The van der Waals surface area contributed by atoms with E-state index in [1.807, 2.05) is 6.92 Å². The van der Waals surface area contributed by atoms with Gasteiger partial charge in [0, 0.05) is 12.8 Å². The molecule has 2 atom stereocenters. The normalized spacial score (nSPS) is 17.6. The standard InChI is InChI=1S/C9H18O4/c1-4-6-9(12,7(3)10)13-8(11)5-2/h7,10,12H,4-6H2,1-3H3. The fourth-order valence-corrected chi connectivity index (χ4v) is 0.973. The van der Waals surface area contributed by atoms with Gasteiger partial charge in [0.05, 0.1) is 0 Å². The number of hydrogen-bond donors (Lipinski definition) is 2. The van der Waals surface area contributed by atoms with Gasteiger partial charge in [0.2, 0.25) is 5.79 Å². The molecule has 0 spiro atoms. The lowest BCUT2D eigenvalue weighted by Gasteiger charge is -2.29. The molecule has 0 aromatic carbocycles. The molecule has 0 fully saturated rings. The summed E-state index contributed by atoms with van der Waals surface area (Å²) in [6, 6.07) is 0. The molecule has 0 saturated carbocycles. The molecule has 0 aromatic rings. The summed E-state index contributed by atoms with van der Waals surface area (Å²) in [4.78, 5) is 10.9. The average molecular weight is 190 g/mol. The molecule has 0 aliphatic heterocycles.